The summed E-state index contributed by atoms with van der Waals surface area (Å²) in [6, 6.07) is 17.0. The van der Waals surface area contributed by atoms with E-state index in [-0.39, 0.29) is 6.04 Å². The lowest BCUT2D eigenvalue weighted by atomic mass is 10.0. The van der Waals surface area contributed by atoms with Crippen molar-refractivity contribution >= 4 is 0 Å². The van der Waals surface area contributed by atoms with E-state index in [0.717, 1.165) is 40.6 Å². The Labute approximate surface area is 184 Å². The molecular formula is C26H31N5. The van der Waals surface area contributed by atoms with Gasteiger partial charge in [-0.25, -0.2) is 9.97 Å². The molecule has 0 saturated carbocycles. The summed E-state index contributed by atoms with van der Waals surface area (Å²) in [5.41, 5.74) is 12.9. The van der Waals surface area contributed by atoms with Gasteiger partial charge in [0.25, 0.3) is 0 Å². The maximum atomic E-state index is 6.21. The summed E-state index contributed by atoms with van der Waals surface area (Å²) in [5, 5.41) is 0. The van der Waals surface area contributed by atoms with Crippen molar-refractivity contribution in [2.75, 3.05) is 0 Å². The zero-order chi connectivity index (χ0) is 22.0. The van der Waals surface area contributed by atoms with Gasteiger partial charge in [-0.15, -0.1) is 0 Å². The van der Waals surface area contributed by atoms with Crippen LogP contribution in [0.3, 0.4) is 0 Å². The molecule has 0 aliphatic heterocycles. The van der Waals surface area contributed by atoms with Gasteiger partial charge >= 0.3 is 0 Å². The molecule has 0 aliphatic carbocycles. The van der Waals surface area contributed by atoms with Crippen LogP contribution in [-0.4, -0.2) is 19.9 Å². The number of aromatic amines is 2. The number of nitrogens with one attached hydrogen (secondary N) is 2. The van der Waals surface area contributed by atoms with Crippen molar-refractivity contribution in [3.63, 3.8) is 0 Å². The number of nitrogens with zero attached hydrogens (tertiary/aromatic N) is 2. The van der Waals surface area contributed by atoms with E-state index in [0.29, 0.717) is 11.8 Å². The van der Waals surface area contributed by atoms with Crippen molar-refractivity contribution in [1.82, 2.24) is 19.9 Å². The van der Waals surface area contributed by atoms with Gasteiger partial charge in [0, 0.05) is 6.42 Å². The average molecular weight is 414 g/mol. The Morgan fingerprint density at radius 1 is 0.710 bits per heavy atom. The molecule has 4 aromatic rings. The third kappa shape index (κ3) is 4.78. The van der Waals surface area contributed by atoms with E-state index in [4.69, 9.17) is 5.73 Å². The first-order valence-corrected chi connectivity index (χ1v) is 11.0. The maximum Gasteiger partial charge on any atom is 0.123 e. The SMILES string of the molecule is CC(C)Cc1ncc(-c2ccc(-c3ccc(-c4cnc(C(N)C(C)C)[nH]4)cc3)cc2)[nH]1. The Morgan fingerprint density at radius 3 is 1.71 bits per heavy atom. The summed E-state index contributed by atoms with van der Waals surface area (Å²) in [5.74, 6) is 2.80. The van der Waals surface area contributed by atoms with Crippen LogP contribution in [0.5, 0.6) is 0 Å². The highest BCUT2D eigenvalue weighted by molar-refractivity contribution is 5.71. The molecule has 2 aromatic heterocycles. The third-order valence-corrected chi connectivity index (χ3v) is 5.58. The van der Waals surface area contributed by atoms with Gasteiger partial charge in [0.05, 0.1) is 29.8 Å². The van der Waals surface area contributed by atoms with E-state index in [2.05, 4.69) is 96.2 Å². The first-order valence-electron chi connectivity index (χ1n) is 11.0. The maximum absolute atomic E-state index is 6.21. The number of hydrogen-bond acceptors (Lipinski definition) is 3. The standard InChI is InChI=1S/C26H31N5/c1-16(2)13-24-28-14-22(30-24)20-9-5-18(6-10-20)19-7-11-21(12-8-19)23-15-29-26(31-23)25(27)17(3)4/h5-12,14-17,25H,13,27H2,1-4H3,(H,28,30)(H,29,31). The van der Waals surface area contributed by atoms with Crippen LogP contribution in [0.15, 0.2) is 60.9 Å². The molecule has 0 radical (unpaired) electrons. The second kappa shape index (κ2) is 8.90. The lowest BCUT2D eigenvalue weighted by molar-refractivity contribution is 0.494. The molecule has 2 aromatic carbocycles. The monoisotopic (exact) mass is 413 g/mol. The molecule has 0 aliphatic rings. The molecule has 5 nitrogen and oxygen atoms in total. The zero-order valence-electron chi connectivity index (χ0n) is 18.7. The number of rotatable bonds is 7. The normalized spacial score (nSPS) is 12.6. The number of benzene rings is 2. The van der Waals surface area contributed by atoms with E-state index in [1.165, 1.54) is 11.1 Å². The summed E-state index contributed by atoms with van der Waals surface area (Å²) in [6.07, 6.45) is 4.75. The van der Waals surface area contributed by atoms with Crippen LogP contribution >= 0.6 is 0 Å². The van der Waals surface area contributed by atoms with Crippen molar-refractivity contribution in [3.8, 4) is 33.6 Å². The molecule has 0 fully saturated rings. The van der Waals surface area contributed by atoms with Crippen LogP contribution in [0.1, 0.15) is 45.4 Å². The molecule has 0 spiro atoms. The first-order chi connectivity index (χ1) is 14.9. The van der Waals surface area contributed by atoms with Gasteiger partial charge in [0.1, 0.15) is 11.6 Å². The molecule has 4 rings (SSSR count). The predicted molar refractivity (Wildman–Crippen MR) is 127 cm³/mol. The van der Waals surface area contributed by atoms with Crippen molar-refractivity contribution in [2.24, 2.45) is 17.6 Å². The van der Waals surface area contributed by atoms with Gasteiger partial charge in [-0.3, -0.25) is 0 Å². The summed E-state index contributed by atoms with van der Waals surface area (Å²) < 4.78 is 0. The molecule has 0 saturated heterocycles. The van der Waals surface area contributed by atoms with Gasteiger partial charge in [0.15, 0.2) is 0 Å². The molecule has 2 heterocycles. The molecule has 5 heteroatoms. The van der Waals surface area contributed by atoms with Crippen molar-refractivity contribution in [1.29, 1.82) is 0 Å². The van der Waals surface area contributed by atoms with Crippen molar-refractivity contribution in [3.05, 3.63) is 72.6 Å². The fourth-order valence-electron chi connectivity index (χ4n) is 3.65. The number of aromatic nitrogens is 4. The first kappa shape index (κ1) is 21.1. The lowest BCUT2D eigenvalue weighted by Crippen LogP contribution is -2.18. The highest BCUT2D eigenvalue weighted by Gasteiger charge is 2.14. The minimum atomic E-state index is -0.0807. The lowest BCUT2D eigenvalue weighted by Gasteiger charge is -2.12. The van der Waals surface area contributed by atoms with Crippen molar-refractivity contribution in [2.45, 2.75) is 40.2 Å². The number of hydrogen-bond donors (Lipinski definition) is 3. The van der Waals surface area contributed by atoms with E-state index >= 15 is 0 Å². The molecule has 1 atom stereocenters. The highest BCUT2D eigenvalue weighted by atomic mass is 15.0. The molecular weight excluding hydrogens is 382 g/mol. The van der Waals surface area contributed by atoms with Crippen LogP contribution in [0, 0.1) is 11.8 Å². The topological polar surface area (TPSA) is 83.4 Å². The van der Waals surface area contributed by atoms with Crippen LogP contribution in [0.25, 0.3) is 33.6 Å². The fraction of sp³-hybridized carbons (Fsp3) is 0.308. The Kier molecular flexibility index (Phi) is 6.05. The Hall–Kier alpha value is -3.18. The number of imidazole rings is 2. The van der Waals surface area contributed by atoms with E-state index < -0.39 is 0 Å². The molecule has 4 N–H and O–H groups in total. The summed E-state index contributed by atoms with van der Waals surface area (Å²) in [6.45, 7) is 8.61. The van der Waals surface area contributed by atoms with Gasteiger partial charge < -0.3 is 15.7 Å². The minimum absolute atomic E-state index is 0.0807. The quantitative estimate of drug-likeness (QED) is 0.348. The smallest absolute Gasteiger partial charge is 0.123 e. The average Bonchev–Trinajstić information content (AvgIpc) is 3.43. The van der Waals surface area contributed by atoms with E-state index in [1.807, 2.05) is 12.4 Å². The molecule has 160 valence electrons. The van der Waals surface area contributed by atoms with Crippen LogP contribution in [-0.2, 0) is 6.42 Å². The predicted octanol–water partition coefficient (Wildman–Crippen LogP) is 5.99. The van der Waals surface area contributed by atoms with E-state index in [9.17, 15) is 0 Å². The second-order valence-electron chi connectivity index (χ2n) is 8.95. The van der Waals surface area contributed by atoms with Gasteiger partial charge in [-0.2, -0.15) is 0 Å². The summed E-state index contributed by atoms with van der Waals surface area (Å²) >= 11 is 0. The summed E-state index contributed by atoms with van der Waals surface area (Å²) in [7, 11) is 0. The Balaban J connectivity index is 1.49. The Bertz CT molecular complexity index is 1120. The molecule has 31 heavy (non-hydrogen) atoms. The third-order valence-electron chi connectivity index (χ3n) is 5.58. The van der Waals surface area contributed by atoms with Crippen LogP contribution in [0.4, 0.5) is 0 Å². The fourth-order valence-corrected chi connectivity index (χ4v) is 3.65. The minimum Gasteiger partial charge on any atom is -0.342 e. The van der Waals surface area contributed by atoms with Crippen LogP contribution < -0.4 is 5.73 Å². The zero-order valence-corrected chi connectivity index (χ0v) is 18.7. The summed E-state index contributed by atoms with van der Waals surface area (Å²) in [4.78, 5) is 15.8. The van der Waals surface area contributed by atoms with Gasteiger partial charge in [-0.05, 0) is 34.1 Å². The van der Waals surface area contributed by atoms with Crippen LogP contribution in [0.2, 0.25) is 0 Å². The Morgan fingerprint density at radius 2 is 1.19 bits per heavy atom. The number of H-pyrrole nitrogens is 2. The largest absolute Gasteiger partial charge is 0.342 e. The van der Waals surface area contributed by atoms with Crippen molar-refractivity contribution < 1.29 is 0 Å². The second-order valence-corrected chi connectivity index (χ2v) is 8.95. The number of nitrogens with two attached hydrogens (primary N) is 1. The van der Waals surface area contributed by atoms with Gasteiger partial charge in [-0.1, -0.05) is 76.2 Å². The molecule has 1 unspecified atom stereocenters. The van der Waals surface area contributed by atoms with E-state index in [1.54, 1.807) is 0 Å². The molecule has 0 bridgehead atoms. The highest BCUT2D eigenvalue weighted by Crippen LogP contribution is 2.27. The van der Waals surface area contributed by atoms with Gasteiger partial charge in [0.2, 0.25) is 0 Å². The molecule has 0 amide bonds.